The number of aliphatic hydroxyl groups is 1. The molecular formula is C23H16F6N2O4. The van der Waals surface area contributed by atoms with Gasteiger partial charge in [0.15, 0.2) is 0 Å². The van der Waals surface area contributed by atoms with Crippen LogP contribution >= 0.6 is 0 Å². The fraction of sp³-hybridized carbons (Fsp3) is 0.348. The highest BCUT2D eigenvalue weighted by atomic mass is 19.4. The summed E-state index contributed by atoms with van der Waals surface area (Å²) in [6.07, 6.45) is -10.3. The van der Waals surface area contributed by atoms with Crippen LogP contribution in [0.1, 0.15) is 47.6 Å². The molecule has 0 fully saturated rings. The molecule has 2 aliphatic rings. The van der Waals surface area contributed by atoms with Gasteiger partial charge in [0.1, 0.15) is 12.2 Å². The summed E-state index contributed by atoms with van der Waals surface area (Å²) in [6.45, 7) is 0.513. The number of ether oxygens (including phenoxy) is 1. The van der Waals surface area contributed by atoms with Gasteiger partial charge in [-0.3, -0.25) is 9.59 Å². The van der Waals surface area contributed by atoms with Crippen LogP contribution in [-0.2, 0) is 40.6 Å². The molecule has 3 aromatic rings. The Kier molecular flexibility index (Phi) is 4.86. The largest absolute Gasteiger partial charge is 0.460 e. The number of aromatic nitrogens is 2. The Morgan fingerprint density at radius 2 is 1.80 bits per heavy atom. The molecular weight excluding hydrogens is 482 g/mol. The van der Waals surface area contributed by atoms with Crippen LogP contribution in [0.5, 0.6) is 0 Å². The Balaban J connectivity index is 1.83. The first-order chi connectivity index (χ1) is 16.2. The molecule has 2 aromatic heterocycles. The maximum absolute atomic E-state index is 14.2. The number of benzene rings is 1. The predicted octanol–water partition coefficient (Wildman–Crippen LogP) is 4.51. The first-order valence-electron chi connectivity index (χ1n) is 10.5. The molecule has 1 atom stereocenters. The van der Waals surface area contributed by atoms with Gasteiger partial charge in [-0.2, -0.15) is 26.3 Å². The normalized spacial score (nSPS) is 19.7. The maximum atomic E-state index is 14.2. The third kappa shape index (κ3) is 3.49. The quantitative estimate of drug-likeness (QED) is 0.309. The second-order valence-electron chi connectivity index (χ2n) is 8.58. The van der Waals surface area contributed by atoms with Gasteiger partial charge in [-0.15, -0.1) is 0 Å². The number of cyclic esters (lactones) is 1. The van der Waals surface area contributed by atoms with E-state index in [-0.39, 0.29) is 34.5 Å². The highest BCUT2D eigenvalue weighted by Gasteiger charge is 2.43. The van der Waals surface area contributed by atoms with Gasteiger partial charge >= 0.3 is 18.3 Å². The number of alkyl halides is 6. The van der Waals surface area contributed by atoms with Crippen LogP contribution in [0.15, 0.2) is 29.1 Å². The van der Waals surface area contributed by atoms with Crippen LogP contribution < -0.4 is 5.56 Å². The molecule has 1 aromatic carbocycles. The Morgan fingerprint density at radius 3 is 2.43 bits per heavy atom. The van der Waals surface area contributed by atoms with Gasteiger partial charge in [-0.05, 0) is 36.2 Å². The highest BCUT2D eigenvalue weighted by Crippen LogP contribution is 2.46. The molecule has 1 N–H and O–H groups in total. The van der Waals surface area contributed by atoms with E-state index in [1.165, 1.54) is 6.07 Å². The Bertz CT molecular complexity index is 1470. The van der Waals surface area contributed by atoms with Crippen LogP contribution in [0, 0.1) is 0 Å². The predicted molar refractivity (Wildman–Crippen MR) is 109 cm³/mol. The van der Waals surface area contributed by atoms with Gasteiger partial charge in [-0.1, -0.05) is 6.92 Å². The third-order valence-electron chi connectivity index (χ3n) is 6.56. The number of pyridine rings is 2. The lowest BCUT2D eigenvalue weighted by atomic mass is 9.85. The van der Waals surface area contributed by atoms with Crippen LogP contribution in [0.4, 0.5) is 26.3 Å². The lowest BCUT2D eigenvalue weighted by molar-refractivity contribution is -0.149. The summed E-state index contributed by atoms with van der Waals surface area (Å²) in [6, 6.07) is 3.21. The Hall–Kier alpha value is -3.41. The Morgan fingerprint density at radius 1 is 1.09 bits per heavy atom. The van der Waals surface area contributed by atoms with Crippen LogP contribution in [0.3, 0.4) is 0 Å². The summed E-state index contributed by atoms with van der Waals surface area (Å²) in [4.78, 5) is 29.4. The summed E-state index contributed by atoms with van der Waals surface area (Å²) in [5.74, 6) is -0.737. The molecule has 0 radical (unpaired) electrons. The van der Waals surface area contributed by atoms with Gasteiger partial charge in [0.05, 0.1) is 46.6 Å². The molecule has 0 bridgehead atoms. The maximum Gasteiger partial charge on any atom is 0.417 e. The van der Waals surface area contributed by atoms with Gasteiger partial charge in [-0.25, -0.2) is 4.98 Å². The number of esters is 1. The standard InChI is InChI=1S/C23H16F6N2O4/c1-2-21(34)7-17(32)35-9-13-14(21)6-16-19-12(8-31(16)20(13)33)18(23(27,28)29)11-5-10(22(24,25)26)3-4-15(11)30-19/h3-6,34H,2,7-9H2,1H3. The first kappa shape index (κ1) is 23.3. The fourth-order valence-corrected chi connectivity index (χ4v) is 4.78. The van der Waals surface area contributed by atoms with Crippen LogP contribution in [0.25, 0.3) is 22.3 Å². The van der Waals surface area contributed by atoms with E-state index in [1.54, 1.807) is 6.92 Å². The number of halogens is 6. The zero-order valence-corrected chi connectivity index (χ0v) is 18.0. The molecule has 2 aliphatic heterocycles. The van der Waals surface area contributed by atoms with Gasteiger partial charge in [0.2, 0.25) is 0 Å². The van der Waals surface area contributed by atoms with E-state index in [1.807, 2.05) is 0 Å². The molecule has 35 heavy (non-hydrogen) atoms. The van der Waals surface area contributed by atoms with Crippen molar-refractivity contribution in [3.8, 4) is 11.4 Å². The topological polar surface area (TPSA) is 81.4 Å². The highest BCUT2D eigenvalue weighted by molar-refractivity contribution is 5.89. The van der Waals surface area contributed by atoms with E-state index in [9.17, 15) is 41.0 Å². The van der Waals surface area contributed by atoms with E-state index in [2.05, 4.69) is 4.98 Å². The van der Waals surface area contributed by atoms with Gasteiger partial charge in [0.25, 0.3) is 5.56 Å². The average molecular weight is 498 g/mol. The van der Waals surface area contributed by atoms with Crippen molar-refractivity contribution >= 4 is 16.9 Å². The van der Waals surface area contributed by atoms with Crippen molar-refractivity contribution < 1.29 is 41.0 Å². The second kappa shape index (κ2) is 7.30. The SMILES string of the molecule is CCC1(O)CC(=O)OCc2c1cc1n(c2=O)Cc2c-1nc1ccc(C(F)(F)F)cc1c2C(F)(F)F. The lowest BCUT2D eigenvalue weighted by Gasteiger charge is -2.26. The Labute approximate surface area is 192 Å². The van der Waals surface area contributed by atoms with Crippen LogP contribution in [-0.4, -0.2) is 20.6 Å². The van der Waals surface area contributed by atoms with Crippen molar-refractivity contribution in [1.29, 1.82) is 0 Å². The van der Waals surface area contributed by atoms with E-state index < -0.39 is 71.1 Å². The summed E-state index contributed by atoms with van der Waals surface area (Å²) in [5, 5.41) is 10.4. The average Bonchev–Trinajstić information content (AvgIpc) is 3.06. The summed E-state index contributed by atoms with van der Waals surface area (Å²) in [5.41, 5.74) is -6.17. The zero-order valence-electron chi connectivity index (χ0n) is 18.0. The molecule has 1 unspecified atom stereocenters. The fourth-order valence-electron chi connectivity index (χ4n) is 4.78. The monoisotopic (exact) mass is 498 g/mol. The lowest BCUT2D eigenvalue weighted by Crippen LogP contribution is -2.32. The molecule has 4 heterocycles. The number of fused-ring (bicyclic) bond motifs is 5. The van der Waals surface area contributed by atoms with Gasteiger partial charge < -0.3 is 14.4 Å². The summed E-state index contributed by atoms with van der Waals surface area (Å²) >= 11 is 0. The second-order valence-corrected chi connectivity index (χ2v) is 8.58. The minimum atomic E-state index is -5.04. The summed E-state index contributed by atoms with van der Waals surface area (Å²) in [7, 11) is 0. The molecule has 184 valence electrons. The molecule has 0 saturated carbocycles. The number of rotatable bonds is 1. The smallest absolute Gasteiger partial charge is 0.417 e. The van der Waals surface area contributed by atoms with Crippen molar-refractivity contribution in [3.63, 3.8) is 0 Å². The molecule has 6 nitrogen and oxygen atoms in total. The molecule has 12 heteroatoms. The molecule has 5 rings (SSSR count). The van der Waals surface area contributed by atoms with Crippen molar-refractivity contribution in [2.45, 2.75) is 50.9 Å². The van der Waals surface area contributed by atoms with Crippen molar-refractivity contribution in [1.82, 2.24) is 9.55 Å². The molecule has 0 aliphatic carbocycles. The number of carbonyl (C=O) groups is 1. The minimum Gasteiger partial charge on any atom is -0.460 e. The van der Waals surface area contributed by atoms with Crippen molar-refractivity contribution in [3.05, 3.63) is 62.4 Å². The first-order valence-corrected chi connectivity index (χ1v) is 10.5. The number of hydrogen-bond donors (Lipinski definition) is 1. The van der Waals surface area contributed by atoms with Crippen molar-refractivity contribution in [2.75, 3.05) is 0 Å². The van der Waals surface area contributed by atoms with Crippen molar-refractivity contribution in [2.24, 2.45) is 0 Å². The summed E-state index contributed by atoms with van der Waals surface area (Å²) < 4.78 is 88.3. The zero-order chi connectivity index (χ0) is 25.5. The molecule has 0 spiro atoms. The number of carbonyl (C=O) groups excluding carboxylic acids is 1. The van der Waals surface area contributed by atoms with E-state index in [4.69, 9.17) is 4.74 Å². The number of nitrogens with zero attached hydrogens (tertiary/aromatic N) is 2. The van der Waals surface area contributed by atoms with E-state index >= 15 is 0 Å². The molecule has 0 amide bonds. The van der Waals surface area contributed by atoms with Gasteiger partial charge in [0, 0.05) is 10.9 Å². The van der Waals surface area contributed by atoms with E-state index in [0.29, 0.717) is 12.1 Å². The van der Waals surface area contributed by atoms with E-state index in [0.717, 1.165) is 10.6 Å². The minimum absolute atomic E-state index is 0.0179. The van der Waals surface area contributed by atoms with Crippen LogP contribution in [0.2, 0.25) is 0 Å². The third-order valence-corrected chi connectivity index (χ3v) is 6.56. The molecule has 0 saturated heterocycles. The number of hydrogen-bond acceptors (Lipinski definition) is 5.